The summed E-state index contributed by atoms with van der Waals surface area (Å²) >= 11 is 5.22. The number of aromatic hydroxyl groups is 2. The van der Waals surface area contributed by atoms with Gasteiger partial charge >= 0.3 is 0 Å². The molecule has 1 heterocycles. The zero-order chi connectivity index (χ0) is 17.1. The van der Waals surface area contributed by atoms with E-state index < -0.39 is 0 Å². The van der Waals surface area contributed by atoms with E-state index in [0.717, 1.165) is 5.56 Å². The van der Waals surface area contributed by atoms with Gasteiger partial charge in [0.05, 0.1) is 18.9 Å². The van der Waals surface area contributed by atoms with Gasteiger partial charge in [-0.2, -0.15) is 14.9 Å². The first kappa shape index (κ1) is 15.8. The van der Waals surface area contributed by atoms with Crippen LogP contribution in [0.2, 0.25) is 0 Å². The zero-order valence-electron chi connectivity index (χ0n) is 12.7. The molecule has 0 aliphatic heterocycles. The third kappa shape index (κ3) is 2.99. The largest absolute Gasteiger partial charge is 0.504 e. The average Bonchev–Trinajstić information content (AvgIpc) is 2.96. The number of nitrogens with zero attached hydrogens (tertiary/aromatic N) is 3. The molecule has 0 unspecified atom stereocenters. The van der Waals surface area contributed by atoms with Gasteiger partial charge in [0.25, 0.3) is 0 Å². The second kappa shape index (κ2) is 6.55. The van der Waals surface area contributed by atoms with E-state index in [0.29, 0.717) is 21.9 Å². The van der Waals surface area contributed by atoms with Crippen molar-refractivity contribution in [3.05, 3.63) is 52.8 Å². The molecule has 0 radical (unpaired) electrons. The SMILES string of the molecule is COc1ccccc1-c1n[nH]c(=S)n1/N=C\c1ccc(O)c(O)c1. The van der Waals surface area contributed by atoms with Gasteiger partial charge < -0.3 is 14.9 Å². The van der Waals surface area contributed by atoms with Crippen LogP contribution in [0.3, 0.4) is 0 Å². The molecule has 0 saturated heterocycles. The minimum absolute atomic E-state index is 0.193. The van der Waals surface area contributed by atoms with Crippen LogP contribution in [0.25, 0.3) is 11.4 Å². The quantitative estimate of drug-likeness (QED) is 0.385. The summed E-state index contributed by atoms with van der Waals surface area (Å²) in [5, 5.41) is 30.1. The Hall–Kier alpha value is -3.13. The highest BCUT2D eigenvalue weighted by atomic mass is 32.1. The number of methoxy groups -OCH3 is 1. The topological polar surface area (TPSA) is 95.7 Å². The summed E-state index contributed by atoms with van der Waals surface area (Å²) in [5.41, 5.74) is 1.33. The van der Waals surface area contributed by atoms with Crippen LogP contribution in [0.4, 0.5) is 0 Å². The number of ether oxygens (including phenoxy) is 1. The number of para-hydroxylation sites is 1. The molecule has 8 heteroatoms. The second-order valence-electron chi connectivity index (χ2n) is 4.86. The molecule has 0 spiro atoms. The molecule has 3 rings (SSSR count). The maximum atomic E-state index is 9.54. The fourth-order valence-corrected chi connectivity index (χ4v) is 2.33. The van der Waals surface area contributed by atoms with E-state index in [1.165, 1.54) is 23.0 Å². The van der Waals surface area contributed by atoms with E-state index in [4.69, 9.17) is 17.0 Å². The van der Waals surface area contributed by atoms with Crippen molar-refractivity contribution in [2.75, 3.05) is 7.11 Å². The predicted octanol–water partition coefficient (Wildman–Crippen LogP) is 2.91. The molecular weight excluding hydrogens is 328 g/mol. The Balaban J connectivity index is 2.03. The summed E-state index contributed by atoms with van der Waals surface area (Å²) < 4.78 is 7.11. The molecule has 7 nitrogen and oxygen atoms in total. The van der Waals surface area contributed by atoms with E-state index in [9.17, 15) is 10.2 Å². The maximum absolute atomic E-state index is 9.54. The highest BCUT2D eigenvalue weighted by Crippen LogP contribution is 2.28. The van der Waals surface area contributed by atoms with Crippen LogP contribution in [0, 0.1) is 4.77 Å². The lowest BCUT2D eigenvalue weighted by molar-refractivity contribution is 0.403. The van der Waals surface area contributed by atoms with Gasteiger partial charge in [-0.1, -0.05) is 12.1 Å². The highest BCUT2D eigenvalue weighted by molar-refractivity contribution is 7.71. The Bertz CT molecular complexity index is 962. The van der Waals surface area contributed by atoms with Gasteiger partial charge in [0.2, 0.25) is 4.77 Å². The first-order valence-corrected chi connectivity index (χ1v) is 7.38. The smallest absolute Gasteiger partial charge is 0.216 e. The molecule has 0 aliphatic rings. The number of phenolic OH excluding ortho intramolecular Hbond substituents is 2. The molecule has 0 aliphatic carbocycles. The lowest BCUT2D eigenvalue weighted by atomic mass is 10.2. The maximum Gasteiger partial charge on any atom is 0.216 e. The van der Waals surface area contributed by atoms with Gasteiger partial charge in [0.15, 0.2) is 17.3 Å². The van der Waals surface area contributed by atoms with Crippen molar-refractivity contribution < 1.29 is 14.9 Å². The molecular formula is C16H14N4O3S. The first-order valence-electron chi connectivity index (χ1n) is 6.97. The van der Waals surface area contributed by atoms with E-state index in [2.05, 4.69) is 15.3 Å². The summed E-state index contributed by atoms with van der Waals surface area (Å²) in [6.45, 7) is 0. The first-order chi connectivity index (χ1) is 11.6. The van der Waals surface area contributed by atoms with Crippen LogP contribution < -0.4 is 4.74 Å². The fourth-order valence-electron chi connectivity index (χ4n) is 2.15. The van der Waals surface area contributed by atoms with Gasteiger partial charge in [0.1, 0.15) is 5.75 Å². The molecule has 24 heavy (non-hydrogen) atoms. The molecule has 3 aromatic rings. The van der Waals surface area contributed by atoms with Gasteiger partial charge in [-0.05, 0) is 48.1 Å². The number of rotatable bonds is 4. The normalized spacial score (nSPS) is 11.0. The van der Waals surface area contributed by atoms with Crippen molar-refractivity contribution in [2.45, 2.75) is 0 Å². The number of benzene rings is 2. The zero-order valence-corrected chi connectivity index (χ0v) is 13.5. The summed E-state index contributed by atoms with van der Waals surface area (Å²) in [6, 6.07) is 11.8. The third-order valence-electron chi connectivity index (χ3n) is 3.32. The van der Waals surface area contributed by atoms with Crippen molar-refractivity contribution in [2.24, 2.45) is 5.10 Å². The number of phenols is 2. The summed E-state index contributed by atoms with van der Waals surface area (Å²) in [6.07, 6.45) is 1.50. The molecule has 0 amide bonds. The van der Waals surface area contributed by atoms with Crippen molar-refractivity contribution in [3.8, 4) is 28.6 Å². The fraction of sp³-hybridized carbons (Fsp3) is 0.0625. The van der Waals surface area contributed by atoms with Crippen LogP contribution in [0.15, 0.2) is 47.6 Å². The summed E-state index contributed by atoms with van der Waals surface area (Å²) in [4.78, 5) is 0. The number of hydrogen-bond donors (Lipinski definition) is 3. The minimum atomic E-state index is -0.223. The Morgan fingerprint density at radius 2 is 2.00 bits per heavy atom. The van der Waals surface area contributed by atoms with Crippen molar-refractivity contribution in [1.29, 1.82) is 0 Å². The van der Waals surface area contributed by atoms with Crippen LogP contribution in [0.5, 0.6) is 17.2 Å². The van der Waals surface area contributed by atoms with Crippen molar-refractivity contribution in [1.82, 2.24) is 14.9 Å². The van der Waals surface area contributed by atoms with Crippen LogP contribution in [-0.4, -0.2) is 38.4 Å². The minimum Gasteiger partial charge on any atom is -0.504 e. The average molecular weight is 342 g/mol. The number of aromatic nitrogens is 3. The number of H-pyrrole nitrogens is 1. The summed E-state index contributed by atoms with van der Waals surface area (Å²) in [7, 11) is 1.58. The standard InChI is InChI=1S/C16H14N4O3S/c1-23-14-5-3-2-4-11(14)15-18-19-16(24)20(15)17-9-10-6-7-12(21)13(22)8-10/h2-9,21-22H,1H3,(H,19,24)/b17-9-. The Kier molecular flexibility index (Phi) is 4.30. The number of aromatic amines is 1. The van der Waals surface area contributed by atoms with E-state index in [-0.39, 0.29) is 11.5 Å². The van der Waals surface area contributed by atoms with Crippen LogP contribution >= 0.6 is 12.2 Å². The molecule has 0 saturated carbocycles. The molecule has 0 atom stereocenters. The Morgan fingerprint density at radius 3 is 2.75 bits per heavy atom. The van der Waals surface area contributed by atoms with Gasteiger partial charge in [-0.3, -0.25) is 0 Å². The van der Waals surface area contributed by atoms with Crippen LogP contribution in [0.1, 0.15) is 5.56 Å². The second-order valence-corrected chi connectivity index (χ2v) is 5.24. The molecule has 2 aromatic carbocycles. The van der Waals surface area contributed by atoms with Gasteiger partial charge in [-0.15, -0.1) is 0 Å². The lowest BCUT2D eigenvalue weighted by Crippen LogP contribution is -1.97. The predicted molar refractivity (Wildman–Crippen MR) is 92.2 cm³/mol. The third-order valence-corrected chi connectivity index (χ3v) is 3.58. The monoisotopic (exact) mass is 342 g/mol. The lowest BCUT2D eigenvalue weighted by Gasteiger charge is -2.06. The Morgan fingerprint density at radius 1 is 1.21 bits per heavy atom. The Labute approximate surface area is 142 Å². The van der Waals surface area contributed by atoms with Crippen molar-refractivity contribution >= 4 is 18.4 Å². The highest BCUT2D eigenvalue weighted by Gasteiger charge is 2.12. The molecule has 122 valence electrons. The van der Waals surface area contributed by atoms with Crippen LogP contribution in [-0.2, 0) is 0 Å². The van der Waals surface area contributed by atoms with Gasteiger partial charge in [0, 0.05) is 0 Å². The number of nitrogens with one attached hydrogen (secondary N) is 1. The summed E-state index contributed by atoms with van der Waals surface area (Å²) in [5.74, 6) is 0.725. The van der Waals surface area contributed by atoms with Crippen molar-refractivity contribution in [3.63, 3.8) is 0 Å². The van der Waals surface area contributed by atoms with E-state index in [1.54, 1.807) is 13.2 Å². The van der Waals surface area contributed by atoms with E-state index in [1.807, 2.05) is 24.3 Å². The van der Waals surface area contributed by atoms with E-state index >= 15 is 0 Å². The van der Waals surface area contributed by atoms with Gasteiger partial charge in [-0.25, -0.2) is 5.10 Å². The molecule has 1 aromatic heterocycles. The molecule has 3 N–H and O–H groups in total. The number of hydrogen-bond acceptors (Lipinski definition) is 6. The molecule has 0 fully saturated rings. The molecule has 0 bridgehead atoms.